The predicted octanol–water partition coefficient (Wildman–Crippen LogP) is 5.19. The molecule has 3 rings (SSSR count). The Labute approximate surface area is 235 Å². The van der Waals surface area contributed by atoms with Crippen molar-refractivity contribution in [1.29, 1.82) is 0 Å². The van der Waals surface area contributed by atoms with Gasteiger partial charge in [-0.2, -0.15) is 5.10 Å². The molecule has 10 heteroatoms. The second kappa shape index (κ2) is 14.2. The summed E-state index contributed by atoms with van der Waals surface area (Å²) in [6.07, 6.45) is 2.35. The van der Waals surface area contributed by atoms with Crippen molar-refractivity contribution in [2.24, 2.45) is 5.10 Å². The van der Waals surface area contributed by atoms with Gasteiger partial charge in [0.2, 0.25) is 0 Å². The van der Waals surface area contributed by atoms with Gasteiger partial charge in [-0.25, -0.2) is 5.43 Å². The van der Waals surface area contributed by atoms with Gasteiger partial charge in [0.05, 0.1) is 30.6 Å². The van der Waals surface area contributed by atoms with E-state index < -0.39 is 5.91 Å². The fourth-order valence-electron chi connectivity index (χ4n) is 3.38. The number of hydrogen-bond donors (Lipinski definition) is 2. The third-order valence-corrected chi connectivity index (χ3v) is 5.97. The van der Waals surface area contributed by atoms with E-state index in [1.54, 1.807) is 30.3 Å². The Hall–Kier alpha value is -3.80. The van der Waals surface area contributed by atoms with Crippen LogP contribution in [0, 0.1) is 10.5 Å². The van der Waals surface area contributed by atoms with E-state index in [4.69, 9.17) is 18.9 Å². The summed E-state index contributed by atoms with van der Waals surface area (Å²) in [4.78, 5) is 24.9. The molecule has 2 N–H and O–H groups in total. The fourth-order valence-corrected chi connectivity index (χ4v) is 4.16. The fraction of sp³-hybridized carbons (Fsp3) is 0.250. The molecule has 0 aliphatic heterocycles. The third kappa shape index (κ3) is 8.10. The second-order valence-electron chi connectivity index (χ2n) is 8.15. The number of hydrogen-bond acceptors (Lipinski definition) is 7. The summed E-state index contributed by atoms with van der Waals surface area (Å²) in [5.74, 6) is 1.22. The first kappa shape index (κ1) is 28.8. The molecule has 0 unspecified atom stereocenters. The van der Waals surface area contributed by atoms with E-state index in [0.29, 0.717) is 50.0 Å². The van der Waals surface area contributed by atoms with Crippen LogP contribution in [-0.4, -0.2) is 45.5 Å². The summed E-state index contributed by atoms with van der Waals surface area (Å²) in [7, 11) is 3.03. The van der Waals surface area contributed by atoms with Crippen molar-refractivity contribution in [2.45, 2.75) is 20.3 Å². The van der Waals surface area contributed by atoms with Gasteiger partial charge in [-0.1, -0.05) is 19.1 Å². The Morgan fingerprint density at radius 2 is 1.76 bits per heavy atom. The summed E-state index contributed by atoms with van der Waals surface area (Å²) in [5.41, 5.74) is 5.30. The molecule has 2 amide bonds. The highest BCUT2D eigenvalue weighted by molar-refractivity contribution is 14.1. The van der Waals surface area contributed by atoms with Crippen LogP contribution in [0.15, 0.2) is 59.7 Å². The number of hydrazone groups is 1. The van der Waals surface area contributed by atoms with Crippen molar-refractivity contribution in [1.82, 2.24) is 5.43 Å². The maximum absolute atomic E-state index is 12.6. The summed E-state index contributed by atoms with van der Waals surface area (Å²) >= 11 is 2.09. The van der Waals surface area contributed by atoms with Gasteiger partial charge in [0.25, 0.3) is 11.8 Å². The Morgan fingerprint density at radius 3 is 2.47 bits per heavy atom. The first-order valence-corrected chi connectivity index (χ1v) is 12.9. The minimum Gasteiger partial charge on any atom is -0.493 e. The molecule has 3 aromatic carbocycles. The van der Waals surface area contributed by atoms with Crippen molar-refractivity contribution in [3.8, 4) is 23.0 Å². The highest BCUT2D eigenvalue weighted by Gasteiger charge is 2.14. The molecule has 0 saturated carbocycles. The van der Waals surface area contributed by atoms with Crippen LogP contribution in [-0.2, 0) is 4.79 Å². The number of rotatable bonds is 12. The average Bonchev–Trinajstić information content (AvgIpc) is 2.90. The number of nitrogens with zero attached hydrogens (tertiary/aromatic N) is 1. The molecule has 0 bridgehead atoms. The van der Waals surface area contributed by atoms with Gasteiger partial charge < -0.3 is 24.3 Å². The number of ether oxygens (including phenoxy) is 4. The van der Waals surface area contributed by atoms with E-state index in [-0.39, 0.29) is 12.5 Å². The Balaban J connectivity index is 1.62. The standard InChI is InChI=1S/C28H30IN3O6/c1-5-11-37-23-10-9-20(15-24(23)35-3)28(34)32-30-16-19-13-22(29)27(25(14-19)36-4)38-17-26(33)31-21-8-6-7-18(2)12-21/h6-10,12-16H,5,11,17H2,1-4H3,(H,31,33)(H,32,34)/b30-16+. The lowest BCUT2D eigenvalue weighted by molar-refractivity contribution is -0.118. The van der Waals surface area contributed by atoms with Crippen molar-refractivity contribution in [3.63, 3.8) is 0 Å². The molecule has 0 aliphatic carbocycles. The molecule has 0 saturated heterocycles. The van der Waals surface area contributed by atoms with E-state index in [1.165, 1.54) is 20.4 Å². The lowest BCUT2D eigenvalue weighted by atomic mass is 10.2. The number of anilines is 1. The van der Waals surface area contributed by atoms with Gasteiger partial charge in [0, 0.05) is 11.3 Å². The molecule has 0 aliphatic rings. The first-order chi connectivity index (χ1) is 18.3. The van der Waals surface area contributed by atoms with E-state index in [1.807, 2.05) is 38.1 Å². The normalized spacial score (nSPS) is 10.7. The minimum absolute atomic E-state index is 0.185. The quantitative estimate of drug-likeness (QED) is 0.162. The highest BCUT2D eigenvalue weighted by Crippen LogP contribution is 2.33. The van der Waals surface area contributed by atoms with Crippen LogP contribution in [0.2, 0.25) is 0 Å². The topological polar surface area (TPSA) is 107 Å². The molecule has 0 atom stereocenters. The van der Waals surface area contributed by atoms with E-state index in [0.717, 1.165) is 12.0 Å². The van der Waals surface area contributed by atoms with Crippen molar-refractivity contribution < 1.29 is 28.5 Å². The Bertz CT molecular complexity index is 1310. The van der Waals surface area contributed by atoms with E-state index in [2.05, 4.69) is 38.4 Å². The van der Waals surface area contributed by atoms with Crippen LogP contribution >= 0.6 is 22.6 Å². The molecule has 0 radical (unpaired) electrons. The number of amides is 2. The highest BCUT2D eigenvalue weighted by atomic mass is 127. The molecular weight excluding hydrogens is 601 g/mol. The number of carbonyl (C=O) groups excluding carboxylic acids is 2. The smallest absolute Gasteiger partial charge is 0.271 e. The first-order valence-electron chi connectivity index (χ1n) is 11.9. The van der Waals surface area contributed by atoms with Gasteiger partial charge in [-0.05, 0) is 89.5 Å². The minimum atomic E-state index is -0.400. The van der Waals surface area contributed by atoms with Crippen molar-refractivity contribution in [2.75, 3.05) is 32.8 Å². The largest absolute Gasteiger partial charge is 0.493 e. The van der Waals surface area contributed by atoms with Gasteiger partial charge in [0.15, 0.2) is 29.6 Å². The second-order valence-corrected chi connectivity index (χ2v) is 9.32. The number of carbonyl (C=O) groups is 2. The molecular formula is C28H30IN3O6. The molecule has 9 nitrogen and oxygen atoms in total. The van der Waals surface area contributed by atoms with Crippen molar-refractivity contribution >= 4 is 46.3 Å². The Kier molecular flexibility index (Phi) is 10.8. The van der Waals surface area contributed by atoms with Crippen LogP contribution in [0.25, 0.3) is 0 Å². The molecule has 0 spiro atoms. The van der Waals surface area contributed by atoms with Gasteiger partial charge >= 0.3 is 0 Å². The summed E-state index contributed by atoms with van der Waals surface area (Å²) in [6.45, 7) is 4.33. The lowest BCUT2D eigenvalue weighted by Gasteiger charge is -2.13. The zero-order valence-corrected chi connectivity index (χ0v) is 23.8. The molecule has 0 fully saturated rings. The summed E-state index contributed by atoms with van der Waals surface area (Å²) in [6, 6.07) is 16.0. The number of halogens is 1. The predicted molar refractivity (Wildman–Crippen MR) is 155 cm³/mol. The third-order valence-electron chi connectivity index (χ3n) is 5.17. The zero-order valence-electron chi connectivity index (χ0n) is 21.7. The molecule has 3 aromatic rings. The number of benzene rings is 3. The summed E-state index contributed by atoms with van der Waals surface area (Å²) in [5, 5.41) is 6.87. The Morgan fingerprint density at radius 1 is 0.974 bits per heavy atom. The maximum atomic E-state index is 12.6. The maximum Gasteiger partial charge on any atom is 0.271 e. The van der Waals surface area contributed by atoms with Gasteiger partial charge in [-0.3, -0.25) is 9.59 Å². The number of nitrogens with one attached hydrogen (secondary N) is 2. The van der Waals surface area contributed by atoms with E-state index in [9.17, 15) is 9.59 Å². The average molecular weight is 631 g/mol. The van der Waals surface area contributed by atoms with Crippen molar-refractivity contribution in [3.05, 3.63) is 74.9 Å². The monoisotopic (exact) mass is 631 g/mol. The van der Waals surface area contributed by atoms with Crippen LogP contribution in [0.5, 0.6) is 23.0 Å². The summed E-state index contributed by atoms with van der Waals surface area (Å²) < 4.78 is 22.9. The lowest BCUT2D eigenvalue weighted by Crippen LogP contribution is -2.20. The number of methoxy groups -OCH3 is 2. The van der Waals surface area contributed by atoms with Crippen LogP contribution < -0.4 is 29.7 Å². The van der Waals surface area contributed by atoms with Gasteiger partial charge in [-0.15, -0.1) is 0 Å². The van der Waals surface area contributed by atoms with Crippen LogP contribution in [0.4, 0.5) is 5.69 Å². The van der Waals surface area contributed by atoms with Gasteiger partial charge in [0.1, 0.15) is 0 Å². The molecule has 0 heterocycles. The number of aryl methyl sites for hydroxylation is 1. The zero-order chi connectivity index (χ0) is 27.5. The van der Waals surface area contributed by atoms with Crippen LogP contribution in [0.1, 0.15) is 34.8 Å². The SMILES string of the molecule is CCCOc1ccc(C(=O)N/N=C/c2cc(I)c(OCC(=O)Nc3cccc(C)c3)c(OC)c2)cc1OC. The molecule has 0 aromatic heterocycles. The van der Waals surface area contributed by atoms with Crippen LogP contribution in [0.3, 0.4) is 0 Å². The molecule has 38 heavy (non-hydrogen) atoms. The van der Waals surface area contributed by atoms with E-state index >= 15 is 0 Å². The molecule has 200 valence electrons.